The summed E-state index contributed by atoms with van der Waals surface area (Å²) in [5.74, 6) is 0. The molecule has 0 saturated heterocycles. The number of hydrogen-bond donors (Lipinski definition) is 0. The average molecular weight is 149 g/mol. The van der Waals surface area contributed by atoms with Gasteiger partial charge in [0.25, 0.3) is 0 Å². The van der Waals surface area contributed by atoms with Gasteiger partial charge in [0.05, 0.1) is 11.5 Å². The van der Waals surface area contributed by atoms with E-state index in [4.69, 9.17) is 5.26 Å². The molecular weight excluding hydrogens is 134 g/mol. The monoisotopic (exact) mass is 149 g/mol. The van der Waals surface area contributed by atoms with Gasteiger partial charge in [-0.3, -0.25) is 0 Å². The van der Waals surface area contributed by atoms with E-state index in [0.29, 0.717) is 0 Å². The lowest BCUT2D eigenvalue weighted by Gasteiger charge is -2.10. The highest BCUT2D eigenvalue weighted by molar-refractivity contribution is 5.21. The van der Waals surface area contributed by atoms with Gasteiger partial charge in [-0.05, 0) is 40.0 Å². The lowest BCUT2D eigenvalue weighted by atomic mass is 9.90. The van der Waals surface area contributed by atoms with Gasteiger partial charge in [0.15, 0.2) is 0 Å². The Bertz CT molecular complexity index is 228. The molecule has 0 radical (unpaired) electrons. The molecule has 0 aliphatic heterocycles. The summed E-state index contributed by atoms with van der Waals surface area (Å²) in [6.45, 7) is 6.33. The molecule has 0 spiro atoms. The molecule has 1 saturated carbocycles. The largest absolute Gasteiger partial charge is 0.198 e. The highest BCUT2D eigenvalue weighted by Crippen LogP contribution is 2.41. The van der Waals surface area contributed by atoms with Crippen molar-refractivity contribution in [1.29, 1.82) is 5.26 Å². The maximum atomic E-state index is 8.85. The topological polar surface area (TPSA) is 23.8 Å². The van der Waals surface area contributed by atoms with Crippen LogP contribution in [0.2, 0.25) is 0 Å². The normalized spacial score (nSPS) is 30.2. The highest BCUT2D eigenvalue weighted by Gasteiger charge is 2.31. The van der Waals surface area contributed by atoms with Crippen molar-refractivity contribution in [3.05, 3.63) is 11.1 Å². The minimum absolute atomic E-state index is 0.0629. The van der Waals surface area contributed by atoms with Crippen LogP contribution in [0.5, 0.6) is 0 Å². The van der Waals surface area contributed by atoms with Crippen LogP contribution in [-0.2, 0) is 0 Å². The molecule has 60 valence electrons. The smallest absolute Gasteiger partial charge is 0.0690 e. The van der Waals surface area contributed by atoms with E-state index in [9.17, 15) is 0 Å². The summed E-state index contributed by atoms with van der Waals surface area (Å²) in [7, 11) is 0. The molecule has 0 aromatic carbocycles. The van der Waals surface area contributed by atoms with E-state index >= 15 is 0 Å². The van der Waals surface area contributed by atoms with Crippen LogP contribution in [0.4, 0.5) is 0 Å². The molecule has 1 nitrogen and oxygen atoms in total. The van der Waals surface area contributed by atoms with E-state index < -0.39 is 0 Å². The van der Waals surface area contributed by atoms with Gasteiger partial charge in [-0.1, -0.05) is 11.1 Å². The van der Waals surface area contributed by atoms with E-state index in [1.54, 1.807) is 0 Å². The SMILES string of the molecule is CC(C)=C1CCC(C)(C#N)C1. The third kappa shape index (κ3) is 1.63. The van der Waals surface area contributed by atoms with Crippen molar-refractivity contribution in [2.75, 3.05) is 0 Å². The molecule has 1 fully saturated rings. The lowest BCUT2D eigenvalue weighted by molar-refractivity contribution is 0.469. The first-order valence-corrected chi connectivity index (χ1v) is 4.14. The summed E-state index contributed by atoms with van der Waals surface area (Å²) < 4.78 is 0. The van der Waals surface area contributed by atoms with Crippen molar-refractivity contribution < 1.29 is 0 Å². The quantitative estimate of drug-likeness (QED) is 0.486. The van der Waals surface area contributed by atoms with E-state index in [2.05, 4.69) is 26.8 Å². The van der Waals surface area contributed by atoms with Gasteiger partial charge >= 0.3 is 0 Å². The molecule has 0 aromatic rings. The van der Waals surface area contributed by atoms with Gasteiger partial charge in [-0.15, -0.1) is 0 Å². The number of hydrogen-bond acceptors (Lipinski definition) is 1. The van der Waals surface area contributed by atoms with Gasteiger partial charge in [-0.25, -0.2) is 0 Å². The van der Waals surface area contributed by atoms with Crippen LogP contribution in [-0.4, -0.2) is 0 Å². The molecule has 0 heterocycles. The molecule has 0 N–H and O–H groups in total. The summed E-state index contributed by atoms with van der Waals surface area (Å²) in [5.41, 5.74) is 2.84. The van der Waals surface area contributed by atoms with Crippen LogP contribution in [0.1, 0.15) is 40.0 Å². The van der Waals surface area contributed by atoms with E-state index in [0.717, 1.165) is 19.3 Å². The maximum Gasteiger partial charge on any atom is 0.0690 e. The third-order valence-electron chi connectivity index (χ3n) is 2.56. The molecule has 0 bridgehead atoms. The lowest BCUT2D eigenvalue weighted by Crippen LogP contribution is -2.05. The van der Waals surface area contributed by atoms with Crippen LogP contribution in [0.15, 0.2) is 11.1 Å². The first-order chi connectivity index (χ1) is 5.07. The molecule has 11 heavy (non-hydrogen) atoms. The zero-order valence-corrected chi connectivity index (χ0v) is 7.57. The van der Waals surface area contributed by atoms with Crippen LogP contribution >= 0.6 is 0 Å². The van der Waals surface area contributed by atoms with Crippen molar-refractivity contribution in [2.24, 2.45) is 5.41 Å². The van der Waals surface area contributed by atoms with Crippen molar-refractivity contribution >= 4 is 0 Å². The Kier molecular flexibility index (Phi) is 2.04. The molecule has 1 unspecified atom stereocenters. The van der Waals surface area contributed by atoms with E-state index in [1.165, 1.54) is 11.1 Å². The van der Waals surface area contributed by atoms with Crippen LogP contribution < -0.4 is 0 Å². The highest BCUT2D eigenvalue weighted by atomic mass is 14.4. The predicted octanol–water partition coefficient (Wildman–Crippen LogP) is 3.04. The molecule has 0 aromatic heterocycles. The van der Waals surface area contributed by atoms with Gasteiger partial charge in [-0.2, -0.15) is 5.26 Å². The summed E-state index contributed by atoms with van der Waals surface area (Å²) in [5, 5.41) is 8.85. The van der Waals surface area contributed by atoms with Gasteiger partial charge in [0.2, 0.25) is 0 Å². The third-order valence-corrected chi connectivity index (χ3v) is 2.56. The van der Waals surface area contributed by atoms with Crippen molar-refractivity contribution in [3.63, 3.8) is 0 Å². The second-order valence-electron chi connectivity index (χ2n) is 3.95. The number of nitrogens with zero attached hydrogens (tertiary/aromatic N) is 1. The summed E-state index contributed by atoms with van der Waals surface area (Å²) >= 11 is 0. The molecule has 1 rings (SSSR count). The Hall–Kier alpha value is -0.770. The minimum Gasteiger partial charge on any atom is -0.198 e. The Morgan fingerprint density at radius 1 is 1.55 bits per heavy atom. The van der Waals surface area contributed by atoms with E-state index in [-0.39, 0.29) is 5.41 Å². The fourth-order valence-corrected chi connectivity index (χ4v) is 1.60. The summed E-state index contributed by atoms with van der Waals surface area (Å²) in [4.78, 5) is 0. The van der Waals surface area contributed by atoms with Gasteiger partial charge < -0.3 is 0 Å². The van der Waals surface area contributed by atoms with Crippen molar-refractivity contribution in [3.8, 4) is 6.07 Å². The maximum absolute atomic E-state index is 8.85. The Labute approximate surface area is 68.7 Å². The van der Waals surface area contributed by atoms with Crippen LogP contribution in [0.3, 0.4) is 0 Å². The Balaban J connectivity index is 2.78. The number of rotatable bonds is 0. The van der Waals surface area contributed by atoms with Crippen LogP contribution in [0, 0.1) is 16.7 Å². The fourth-order valence-electron chi connectivity index (χ4n) is 1.60. The second-order valence-corrected chi connectivity index (χ2v) is 3.95. The Morgan fingerprint density at radius 3 is 2.45 bits per heavy atom. The van der Waals surface area contributed by atoms with Gasteiger partial charge in [0, 0.05) is 0 Å². The molecule has 0 amide bonds. The van der Waals surface area contributed by atoms with E-state index in [1.807, 2.05) is 0 Å². The predicted molar refractivity (Wildman–Crippen MR) is 45.9 cm³/mol. The molecule has 1 atom stereocenters. The molecular formula is C10H15N. The van der Waals surface area contributed by atoms with Crippen molar-refractivity contribution in [1.82, 2.24) is 0 Å². The standard InChI is InChI=1S/C10H15N/c1-8(2)9-4-5-10(3,6-9)7-11/h4-6H2,1-3H3. The average Bonchev–Trinajstić information content (AvgIpc) is 2.33. The molecule has 1 aliphatic rings. The second kappa shape index (κ2) is 2.70. The first kappa shape index (κ1) is 8.33. The number of nitriles is 1. The summed E-state index contributed by atoms with van der Waals surface area (Å²) in [6.07, 6.45) is 3.17. The van der Waals surface area contributed by atoms with Crippen molar-refractivity contribution in [2.45, 2.75) is 40.0 Å². The molecule has 1 aliphatic carbocycles. The Morgan fingerprint density at radius 2 is 2.18 bits per heavy atom. The number of allylic oxidation sites excluding steroid dienone is 2. The van der Waals surface area contributed by atoms with Crippen LogP contribution in [0.25, 0.3) is 0 Å². The fraction of sp³-hybridized carbons (Fsp3) is 0.700. The minimum atomic E-state index is -0.0629. The van der Waals surface area contributed by atoms with Gasteiger partial charge in [0.1, 0.15) is 0 Å². The summed E-state index contributed by atoms with van der Waals surface area (Å²) in [6, 6.07) is 2.39. The zero-order chi connectivity index (χ0) is 8.48. The first-order valence-electron chi connectivity index (χ1n) is 4.14. The molecule has 1 heteroatoms. The zero-order valence-electron chi connectivity index (χ0n) is 7.57.